The summed E-state index contributed by atoms with van der Waals surface area (Å²) in [4.78, 5) is 14.8. The monoisotopic (exact) mass is 281 g/mol. The van der Waals surface area contributed by atoms with Crippen molar-refractivity contribution in [3.05, 3.63) is 0 Å². The van der Waals surface area contributed by atoms with Crippen LogP contribution in [0.25, 0.3) is 0 Å². The molecule has 0 radical (unpaired) electrons. The Labute approximate surface area is 119 Å². The van der Waals surface area contributed by atoms with E-state index in [9.17, 15) is 5.11 Å². The first-order chi connectivity index (χ1) is 9.47. The minimum atomic E-state index is -0.139. The molecule has 0 spiro atoms. The number of nitrogens with one attached hydrogen (secondary N) is 1. The fraction of sp³-hybridized carbons (Fsp3) is 0.769. The van der Waals surface area contributed by atoms with Crippen molar-refractivity contribution in [3.63, 3.8) is 0 Å². The summed E-state index contributed by atoms with van der Waals surface area (Å²) < 4.78 is 5.54. The normalized spacial score (nSPS) is 21.5. The highest BCUT2D eigenvalue weighted by atomic mass is 16.5. The molecule has 1 aliphatic carbocycles. The molecule has 7 heteroatoms. The summed E-state index contributed by atoms with van der Waals surface area (Å²) in [6.45, 7) is 4.69. The zero-order chi connectivity index (χ0) is 14.7. The van der Waals surface area contributed by atoms with Crippen LogP contribution in [-0.4, -0.2) is 52.9 Å². The molecule has 0 aromatic carbocycles. The molecule has 1 fully saturated rings. The first-order valence-electron chi connectivity index (χ1n) is 6.97. The van der Waals surface area contributed by atoms with Gasteiger partial charge in [-0.25, -0.2) is 0 Å². The molecule has 1 aliphatic rings. The fourth-order valence-electron chi connectivity index (χ4n) is 2.21. The van der Waals surface area contributed by atoms with Gasteiger partial charge in [-0.15, -0.1) is 0 Å². The number of nitrogens with zero attached hydrogens (tertiary/aromatic N) is 4. The lowest BCUT2D eigenvalue weighted by Gasteiger charge is -2.34. The van der Waals surface area contributed by atoms with Crippen LogP contribution in [0.15, 0.2) is 0 Å². The standard InChI is InChI=1S/C13H23N5O2/c1-8(2)20-13-16-11(14-3)15-12(17-13)18(4)7-9-5-10(19)6-9/h8-10,19H,5-7H2,1-4H3,(H,14,15,16,17). The number of hydrogen-bond donors (Lipinski definition) is 2. The van der Waals surface area contributed by atoms with E-state index < -0.39 is 0 Å². The summed E-state index contributed by atoms with van der Waals surface area (Å²) >= 11 is 0. The summed E-state index contributed by atoms with van der Waals surface area (Å²) in [6.07, 6.45) is 1.58. The molecule has 0 bridgehead atoms. The zero-order valence-electron chi connectivity index (χ0n) is 12.5. The lowest BCUT2D eigenvalue weighted by atomic mass is 9.82. The SMILES string of the molecule is CNc1nc(OC(C)C)nc(N(C)CC2CC(O)C2)n1. The van der Waals surface area contributed by atoms with Crippen LogP contribution < -0.4 is 15.0 Å². The van der Waals surface area contributed by atoms with Gasteiger partial charge in [-0.1, -0.05) is 0 Å². The van der Waals surface area contributed by atoms with Crippen LogP contribution in [0, 0.1) is 5.92 Å². The van der Waals surface area contributed by atoms with Crippen molar-refractivity contribution in [1.29, 1.82) is 0 Å². The molecule has 1 aromatic heterocycles. The number of aliphatic hydroxyl groups excluding tert-OH is 1. The third-order valence-electron chi connectivity index (χ3n) is 3.25. The predicted molar refractivity (Wildman–Crippen MR) is 77.1 cm³/mol. The van der Waals surface area contributed by atoms with E-state index in [1.54, 1.807) is 7.05 Å². The number of hydrogen-bond acceptors (Lipinski definition) is 7. The maximum Gasteiger partial charge on any atom is 0.323 e. The van der Waals surface area contributed by atoms with Crippen molar-refractivity contribution >= 4 is 11.9 Å². The minimum Gasteiger partial charge on any atom is -0.461 e. The number of rotatable bonds is 6. The largest absolute Gasteiger partial charge is 0.461 e. The molecule has 1 aromatic rings. The van der Waals surface area contributed by atoms with Gasteiger partial charge in [0.25, 0.3) is 0 Å². The average Bonchev–Trinajstić information content (AvgIpc) is 2.35. The molecular formula is C13H23N5O2. The molecule has 0 amide bonds. The number of aliphatic hydroxyl groups is 1. The number of anilines is 2. The predicted octanol–water partition coefficient (Wildman–Crippen LogP) is 0.908. The molecule has 0 unspecified atom stereocenters. The van der Waals surface area contributed by atoms with Gasteiger partial charge in [-0.05, 0) is 32.6 Å². The van der Waals surface area contributed by atoms with E-state index >= 15 is 0 Å². The highest BCUT2D eigenvalue weighted by molar-refractivity contribution is 5.37. The van der Waals surface area contributed by atoms with Crippen LogP contribution in [-0.2, 0) is 0 Å². The van der Waals surface area contributed by atoms with E-state index in [0.29, 0.717) is 23.8 Å². The molecule has 0 atom stereocenters. The van der Waals surface area contributed by atoms with Crippen LogP contribution in [0.4, 0.5) is 11.9 Å². The minimum absolute atomic E-state index is 0.0158. The Balaban J connectivity index is 2.08. The molecule has 20 heavy (non-hydrogen) atoms. The average molecular weight is 281 g/mol. The second-order valence-electron chi connectivity index (χ2n) is 5.53. The third-order valence-corrected chi connectivity index (χ3v) is 3.25. The van der Waals surface area contributed by atoms with Crippen LogP contribution in [0.3, 0.4) is 0 Å². The maximum absolute atomic E-state index is 9.34. The van der Waals surface area contributed by atoms with Gasteiger partial charge in [0.15, 0.2) is 0 Å². The van der Waals surface area contributed by atoms with Crippen molar-refractivity contribution in [3.8, 4) is 6.01 Å². The second kappa shape index (κ2) is 6.21. The molecule has 0 saturated heterocycles. The second-order valence-corrected chi connectivity index (χ2v) is 5.53. The Morgan fingerprint density at radius 1 is 1.35 bits per heavy atom. The first-order valence-corrected chi connectivity index (χ1v) is 6.97. The zero-order valence-corrected chi connectivity index (χ0v) is 12.5. The molecule has 2 rings (SSSR count). The molecule has 1 saturated carbocycles. The van der Waals surface area contributed by atoms with Crippen LogP contribution in [0.1, 0.15) is 26.7 Å². The Kier molecular flexibility index (Phi) is 4.59. The van der Waals surface area contributed by atoms with Crippen molar-refractivity contribution < 1.29 is 9.84 Å². The lowest BCUT2D eigenvalue weighted by molar-refractivity contribution is 0.0463. The molecule has 7 nitrogen and oxygen atoms in total. The Morgan fingerprint density at radius 2 is 2.05 bits per heavy atom. The van der Waals surface area contributed by atoms with Crippen molar-refractivity contribution in [2.24, 2.45) is 5.92 Å². The van der Waals surface area contributed by atoms with E-state index in [4.69, 9.17) is 4.74 Å². The van der Waals surface area contributed by atoms with E-state index in [0.717, 1.165) is 19.4 Å². The van der Waals surface area contributed by atoms with Crippen LogP contribution in [0.2, 0.25) is 0 Å². The number of ether oxygens (including phenoxy) is 1. The third kappa shape index (κ3) is 3.69. The summed E-state index contributed by atoms with van der Waals surface area (Å²) in [5.74, 6) is 1.58. The highest BCUT2D eigenvalue weighted by Crippen LogP contribution is 2.28. The van der Waals surface area contributed by atoms with E-state index in [-0.39, 0.29) is 12.2 Å². The molecular weight excluding hydrogens is 258 g/mol. The van der Waals surface area contributed by atoms with Gasteiger partial charge in [-0.2, -0.15) is 15.0 Å². The number of aromatic nitrogens is 3. The van der Waals surface area contributed by atoms with Gasteiger partial charge >= 0.3 is 6.01 Å². The van der Waals surface area contributed by atoms with E-state index in [2.05, 4.69) is 20.3 Å². The van der Waals surface area contributed by atoms with Crippen molar-refractivity contribution in [1.82, 2.24) is 15.0 Å². The van der Waals surface area contributed by atoms with Crippen molar-refractivity contribution in [2.45, 2.75) is 38.9 Å². The smallest absolute Gasteiger partial charge is 0.323 e. The van der Waals surface area contributed by atoms with Gasteiger partial charge in [0, 0.05) is 20.6 Å². The molecule has 2 N–H and O–H groups in total. The Bertz CT molecular complexity index is 448. The fourth-order valence-corrected chi connectivity index (χ4v) is 2.21. The first kappa shape index (κ1) is 14.8. The van der Waals surface area contributed by atoms with Gasteiger partial charge in [0.1, 0.15) is 0 Å². The Hall–Kier alpha value is -1.63. The van der Waals surface area contributed by atoms with Gasteiger partial charge in [-0.3, -0.25) is 0 Å². The summed E-state index contributed by atoms with van der Waals surface area (Å²) in [5.41, 5.74) is 0. The topological polar surface area (TPSA) is 83.4 Å². The summed E-state index contributed by atoms with van der Waals surface area (Å²) in [6, 6.07) is 0.329. The molecule has 0 aliphatic heterocycles. The van der Waals surface area contributed by atoms with Gasteiger partial charge in [0.05, 0.1) is 12.2 Å². The molecule has 1 heterocycles. The van der Waals surface area contributed by atoms with E-state index in [1.807, 2.05) is 25.8 Å². The van der Waals surface area contributed by atoms with Crippen LogP contribution >= 0.6 is 0 Å². The van der Waals surface area contributed by atoms with Gasteiger partial charge < -0.3 is 20.1 Å². The lowest BCUT2D eigenvalue weighted by Crippen LogP contribution is -2.37. The summed E-state index contributed by atoms with van der Waals surface area (Å²) in [7, 11) is 3.71. The van der Waals surface area contributed by atoms with Crippen LogP contribution in [0.5, 0.6) is 6.01 Å². The Morgan fingerprint density at radius 3 is 2.60 bits per heavy atom. The van der Waals surface area contributed by atoms with Crippen molar-refractivity contribution in [2.75, 3.05) is 30.9 Å². The van der Waals surface area contributed by atoms with E-state index in [1.165, 1.54) is 0 Å². The summed E-state index contributed by atoms with van der Waals surface area (Å²) in [5, 5.41) is 12.3. The van der Waals surface area contributed by atoms with Gasteiger partial charge in [0.2, 0.25) is 11.9 Å². The highest BCUT2D eigenvalue weighted by Gasteiger charge is 2.28. The maximum atomic E-state index is 9.34. The quantitative estimate of drug-likeness (QED) is 0.801. The molecule has 112 valence electrons.